The summed E-state index contributed by atoms with van der Waals surface area (Å²) in [6.07, 6.45) is 2.99. The van der Waals surface area contributed by atoms with Crippen LogP contribution >= 0.6 is 0 Å². The third-order valence-corrected chi connectivity index (χ3v) is 2.72. The van der Waals surface area contributed by atoms with Crippen LogP contribution in [0.25, 0.3) is 0 Å². The summed E-state index contributed by atoms with van der Waals surface area (Å²) in [5.74, 6) is 0.903. The average Bonchev–Trinajstić information content (AvgIpc) is 2.65. The second kappa shape index (κ2) is 4.01. The van der Waals surface area contributed by atoms with Gasteiger partial charge in [-0.25, -0.2) is 0 Å². The molecule has 76 valence electrons. The second-order valence-electron chi connectivity index (χ2n) is 3.79. The minimum atomic E-state index is 0.288. The Morgan fingerprint density at radius 3 is 2.43 bits per heavy atom. The molecule has 1 heterocycles. The smallest absolute Gasteiger partial charge is 0.118 e. The van der Waals surface area contributed by atoms with Crippen molar-refractivity contribution in [3.05, 3.63) is 29.8 Å². The third kappa shape index (κ3) is 1.90. The molecule has 2 atom stereocenters. The van der Waals surface area contributed by atoms with E-state index in [1.807, 2.05) is 12.1 Å². The van der Waals surface area contributed by atoms with Gasteiger partial charge in [0.1, 0.15) is 5.75 Å². The van der Waals surface area contributed by atoms with Gasteiger partial charge in [-0.2, -0.15) is 0 Å². The van der Waals surface area contributed by atoms with Crippen LogP contribution in [-0.2, 0) is 4.74 Å². The van der Waals surface area contributed by atoms with Gasteiger partial charge in [-0.15, -0.1) is 0 Å². The van der Waals surface area contributed by atoms with E-state index in [2.05, 4.69) is 19.1 Å². The van der Waals surface area contributed by atoms with E-state index in [4.69, 9.17) is 9.47 Å². The maximum Gasteiger partial charge on any atom is 0.118 e. The average molecular weight is 192 g/mol. The summed E-state index contributed by atoms with van der Waals surface area (Å²) in [5, 5.41) is 0. The highest BCUT2D eigenvalue weighted by Gasteiger charge is 2.22. The van der Waals surface area contributed by atoms with Crippen molar-refractivity contribution in [3.63, 3.8) is 0 Å². The Hall–Kier alpha value is -1.02. The van der Waals surface area contributed by atoms with E-state index in [9.17, 15) is 0 Å². The van der Waals surface area contributed by atoms with Crippen LogP contribution in [0.2, 0.25) is 0 Å². The summed E-state index contributed by atoms with van der Waals surface area (Å²) < 4.78 is 10.9. The van der Waals surface area contributed by atoms with E-state index < -0.39 is 0 Å². The minimum Gasteiger partial charge on any atom is -0.497 e. The Bertz CT molecular complexity index is 292. The molecule has 1 fully saturated rings. The number of benzene rings is 1. The molecule has 0 saturated carbocycles. The lowest BCUT2D eigenvalue weighted by atomic mass is 10.1. The molecule has 2 unspecified atom stereocenters. The van der Waals surface area contributed by atoms with Crippen molar-refractivity contribution in [2.45, 2.75) is 32.0 Å². The van der Waals surface area contributed by atoms with Gasteiger partial charge >= 0.3 is 0 Å². The quantitative estimate of drug-likeness (QED) is 0.717. The zero-order valence-corrected chi connectivity index (χ0v) is 8.69. The van der Waals surface area contributed by atoms with E-state index in [0.29, 0.717) is 6.10 Å². The second-order valence-corrected chi connectivity index (χ2v) is 3.79. The fourth-order valence-corrected chi connectivity index (χ4v) is 1.87. The van der Waals surface area contributed by atoms with Crippen molar-refractivity contribution in [3.8, 4) is 5.75 Å². The number of ether oxygens (including phenoxy) is 2. The lowest BCUT2D eigenvalue weighted by Gasteiger charge is -2.11. The summed E-state index contributed by atoms with van der Waals surface area (Å²) in [7, 11) is 1.68. The van der Waals surface area contributed by atoms with Gasteiger partial charge in [-0.05, 0) is 37.5 Å². The minimum absolute atomic E-state index is 0.288. The summed E-state index contributed by atoms with van der Waals surface area (Å²) in [5.41, 5.74) is 1.26. The zero-order chi connectivity index (χ0) is 9.97. The number of rotatable bonds is 2. The van der Waals surface area contributed by atoms with Gasteiger partial charge in [-0.3, -0.25) is 0 Å². The van der Waals surface area contributed by atoms with Crippen LogP contribution in [0.1, 0.15) is 31.4 Å². The molecule has 0 N–H and O–H groups in total. The molecule has 1 aliphatic rings. The highest BCUT2D eigenvalue weighted by molar-refractivity contribution is 5.28. The van der Waals surface area contributed by atoms with Gasteiger partial charge in [0.25, 0.3) is 0 Å². The normalized spacial score (nSPS) is 26.4. The molecule has 1 aliphatic heterocycles. The van der Waals surface area contributed by atoms with Crippen molar-refractivity contribution >= 4 is 0 Å². The first-order valence-electron chi connectivity index (χ1n) is 5.09. The summed E-state index contributed by atoms with van der Waals surface area (Å²) in [6, 6.07) is 8.15. The molecule has 1 aromatic carbocycles. The van der Waals surface area contributed by atoms with Gasteiger partial charge in [0, 0.05) is 0 Å². The molecule has 0 spiro atoms. The summed E-state index contributed by atoms with van der Waals surface area (Å²) >= 11 is 0. The van der Waals surface area contributed by atoms with Gasteiger partial charge in [0.05, 0.1) is 19.3 Å². The molecular formula is C12H16O2. The Morgan fingerprint density at radius 2 is 1.93 bits per heavy atom. The first-order valence-corrected chi connectivity index (χ1v) is 5.09. The first-order chi connectivity index (χ1) is 6.79. The summed E-state index contributed by atoms with van der Waals surface area (Å²) in [6.45, 7) is 2.13. The number of hydrogen-bond acceptors (Lipinski definition) is 2. The molecule has 2 rings (SSSR count). The van der Waals surface area contributed by atoms with Crippen LogP contribution in [0.15, 0.2) is 24.3 Å². The van der Waals surface area contributed by atoms with Crippen molar-refractivity contribution < 1.29 is 9.47 Å². The van der Waals surface area contributed by atoms with E-state index in [1.165, 1.54) is 5.56 Å². The van der Waals surface area contributed by atoms with E-state index >= 15 is 0 Å². The predicted molar refractivity (Wildman–Crippen MR) is 55.5 cm³/mol. The summed E-state index contributed by atoms with van der Waals surface area (Å²) in [4.78, 5) is 0. The maximum atomic E-state index is 5.78. The van der Waals surface area contributed by atoms with Crippen molar-refractivity contribution in [1.29, 1.82) is 0 Å². The Balaban J connectivity index is 2.09. The molecule has 2 nitrogen and oxygen atoms in total. The van der Waals surface area contributed by atoms with Crippen LogP contribution in [-0.4, -0.2) is 13.2 Å². The maximum absolute atomic E-state index is 5.78. The molecule has 2 heteroatoms. The van der Waals surface area contributed by atoms with Crippen molar-refractivity contribution in [1.82, 2.24) is 0 Å². The molecule has 0 aliphatic carbocycles. The molecule has 0 amide bonds. The fourth-order valence-electron chi connectivity index (χ4n) is 1.87. The highest BCUT2D eigenvalue weighted by Crippen LogP contribution is 2.32. The number of hydrogen-bond donors (Lipinski definition) is 0. The Morgan fingerprint density at radius 1 is 1.21 bits per heavy atom. The molecule has 0 radical (unpaired) electrons. The van der Waals surface area contributed by atoms with Crippen LogP contribution in [0, 0.1) is 0 Å². The lowest BCUT2D eigenvalue weighted by Crippen LogP contribution is -2.00. The van der Waals surface area contributed by atoms with Crippen LogP contribution < -0.4 is 4.74 Å². The topological polar surface area (TPSA) is 18.5 Å². The molecule has 0 aromatic heterocycles. The van der Waals surface area contributed by atoms with E-state index in [0.717, 1.165) is 18.6 Å². The standard InChI is InChI=1S/C12H16O2/c1-9-3-8-12(14-9)10-4-6-11(13-2)7-5-10/h4-7,9,12H,3,8H2,1-2H3. The largest absolute Gasteiger partial charge is 0.497 e. The highest BCUT2D eigenvalue weighted by atomic mass is 16.5. The SMILES string of the molecule is COc1ccc(C2CCC(C)O2)cc1. The van der Waals surface area contributed by atoms with Gasteiger partial charge in [-0.1, -0.05) is 12.1 Å². The van der Waals surface area contributed by atoms with Crippen LogP contribution in [0.5, 0.6) is 5.75 Å². The number of methoxy groups -OCH3 is 1. The van der Waals surface area contributed by atoms with Gasteiger partial charge in [0.2, 0.25) is 0 Å². The first kappa shape index (κ1) is 9.53. The molecule has 1 saturated heterocycles. The van der Waals surface area contributed by atoms with Crippen LogP contribution in [0.4, 0.5) is 0 Å². The third-order valence-electron chi connectivity index (χ3n) is 2.72. The monoisotopic (exact) mass is 192 g/mol. The molecular weight excluding hydrogens is 176 g/mol. The lowest BCUT2D eigenvalue weighted by molar-refractivity contribution is 0.0555. The van der Waals surface area contributed by atoms with Crippen LogP contribution in [0.3, 0.4) is 0 Å². The van der Waals surface area contributed by atoms with Crippen molar-refractivity contribution in [2.75, 3.05) is 7.11 Å². The molecule has 0 bridgehead atoms. The zero-order valence-electron chi connectivity index (χ0n) is 8.69. The Kier molecular flexibility index (Phi) is 2.73. The van der Waals surface area contributed by atoms with Gasteiger partial charge < -0.3 is 9.47 Å². The van der Waals surface area contributed by atoms with E-state index in [1.54, 1.807) is 7.11 Å². The van der Waals surface area contributed by atoms with Gasteiger partial charge in [0.15, 0.2) is 0 Å². The molecule has 14 heavy (non-hydrogen) atoms. The predicted octanol–water partition coefficient (Wildman–Crippen LogP) is 2.94. The Labute approximate surface area is 84.8 Å². The fraction of sp³-hybridized carbons (Fsp3) is 0.500. The molecule has 1 aromatic rings. The van der Waals surface area contributed by atoms with E-state index in [-0.39, 0.29) is 6.10 Å². The van der Waals surface area contributed by atoms with Crippen molar-refractivity contribution in [2.24, 2.45) is 0 Å².